The third-order valence-electron chi connectivity index (χ3n) is 2.91. The Morgan fingerprint density at radius 2 is 2.26 bits per heavy atom. The second-order valence-corrected chi connectivity index (χ2v) is 4.29. The van der Waals surface area contributed by atoms with Crippen LogP contribution in [0.4, 0.5) is 4.79 Å². The van der Waals surface area contributed by atoms with Crippen molar-refractivity contribution in [3.8, 4) is 0 Å². The van der Waals surface area contributed by atoms with Crippen LogP contribution >= 0.6 is 0 Å². The zero-order valence-electron chi connectivity index (χ0n) is 10.1. The molecule has 1 aromatic rings. The monoisotopic (exact) mass is 269 g/mol. The summed E-state index contributed by atoms with van der Waals surface area (Å²) in [7, 11) is 0. The summed E-state index contributed by atoms with van der Waals surface area (Å²) in [6.45, 7) is 0.785. The number of urea groups is 1. The Morgan fingerprint density at radius 3 is 2.89 bits per heavy atom. The van der Waals surface area contributed by atoms with Gasteiger partial charge in [-0.25, -0.2) is 9.59 Å². The fraction of sp³-hybridized carbons (Fsp3) is 0.600. The van der Waals surface area contributed by atoms with E-state index in [1.165, 1.54) is 6.20 Å². The average Bonchev–Trinajstić information content (AvgIpc) is 2.98. The van der Waals surface area contributed by atoms with Crippen molar-refractivity contribution in [2.45, 2.75) is 25.1 Å². The van der Waals surface area contributed by atoms with Crippen LogP contribution in [0.25, 0.3) is 0 Å². The van der Waals surface area contributed by atoms with E-state index in [1.807, 2.05) is 0 Å². The van der Waals surface area contributed by atoms with Gasteiger partial charge in [-0.15, -0.1) is 5.10 Å². The Bertz CT molecular complexity index is 449. The molecule has 0 saturated carbocycles. The van der Waals surface area contributed by atoms with Crippen molar-refractivity contribution in [2.24, 2.45) is 0 Å². The summed E-state index contributed by atoms with van der Waals surface area (Å²) in [5, 5.41) is 28.4. The molecule has 1 saturated heterocycles. The number of likely N-dealkylation sites (tertiary alicyclic amines) is 1. The first-order valence-corrected chi connectivity index (χ1v) is 5.87. The highest BCUT2D eigenvalue weighted by molar-refractivity contribution is 5.83. The standard InChI is InChI=1S/C10H15N5O4/c16-7-5-8(9(17)18)15(6-7)10(19)11-1-3-14-4-2-12-13-14/h2,4,7-8,16H,1,3,5-6H2,(H,11,19)(H,17,18)/t7-,8-/m0/s1. The van der Waals surface area contributed by atoms with E-state index >= 15 is 0 Å². The number of carbonyl (C=O) groups excluding carboxylic acids is 1. The average molecular weight is 269 g/mol. The third-order valence-corrected chi connectivity index (χ3v) is 2.91. The van der Waals surface area contributed by atoms with E-state index in [2.05, 4.69) is 15.6 Å². The molecule has 2 heterocycles. The van der Waals surface area contributed by atoms with Gasteiger partial charge < -0.3 is 20.4 Å². The van der Waals surface area contributed by atoms with Crippen LogP contribution in [0.15, 0.2) is 12.4 Å². The molecule has 2 amide bonds. The molecule has 2 rings (SSSR count). The SMILES string of the molecule is O=C(O)[C@@H]1C[C@H](O)CN1C(=O)NCCn1ccnn1. The maximum Gasteiger partial charge on any atom is 0.326 e. The molecule has 9 nitrogen and oxygen atoms in total. The molecular formula is C10H15N5O4. The first-order chi connectivity index (χ1) is 9.08. The number of hydrogen-bond donors (Lipinski definition) is 3. The Hall–Kier alpha value is -2.16. The van der Waals surface area contributed by atoms with Crippen molar-refractivity contribution >= 4 is 12.0 Å². The number of hydrogen-bond acceptors (Lipinski definition) is 5. The van der Waals surface area contributed by atoms with Gasteiger partial charge in [-0.3, -0.25) is 4.68 Å². The number of β-amino-alcohol motifs (C(OH)–C–C–N with tert-alkyl or cyclic N) is 1. The van der Waals surface area contributed by atoms with Gasteiger partial charge in [-0.2, -0.15) is 0 Å². The minimum absolute atomic E-state index is 0.0339. The summed E-state index contributed by atoms with van der Waals surface area (Å²) in [6, 6.07) is -1.47. The predicted molar refractivity (Wildman–Crippen MR) is 62.2 cm³/mol. The fourth-order valence-electron chi connectivity index (χ4n) is 2.00. The molecule has 9 heteroatoms. The molecule has 19 heavy (non-hydrogen) atoms. The Kier molecular flexibility index (Phi) is 3.95. The van der Waals surface area contributed by atoms with E-state index in [9.17, 15) is 14.7 Å². The highest BCUT2D eigenvalue weighted by Crippen LogP contribution is 2.17. The van der Waals surface area contributed by atoms with Crippen LogP contribution in [-0.4, -0.2) is 67.3 Å². The van der Waals surface area contributed by atoms with Gasteiger partial charge in [0.2, 0.25) is 0 Å². The van der Waals surface area contributed by atoms with E-state index in [4.69, 9.17) is 5.11 Å². The Morgan fingerprint density at radius 1 is 1.47 bits per heavy atom. The van der Waals surface area contributed by atoms with Gasteiger partial charge in [0.05, 0.1) is 18.8 Å². The van der Waals surface area contributed by atoms with Crippen LogP contribution < -0.4 is 5.32 Å². The molecule has 1 aromatic heterocycles. The molecule has 0 aliphatic carbocycles. The minimum atomic E-state index is -1.11. The highest BCUT2D eigenvalue weighted by Gasteiger charge is 2.38. The number of aromatic nitrogens is 3. The maximum absolute atomic E-state index is 11.8. The van der Waals surface area contributed by atoms with E-state index in [0.29, 0.717) is 13.1 Å². The van der Waals surface area contributed by atoms with Crippen molar-refractivity contribution in [2.75, 3.05) is 13.1 Å². The Labute approximate surface area is 108 Å². The number of nitrogens with zero attached hydrogens (tertiary/aromatic N) is 4. The topological polar surface area (TPSA) is 121 Å². The fourth-order valence-corrected chi connectivity index (χ4v) is 2.00. The maximum atomic E-state index is 11.8. The molecule has 3 N–H and O–H groups in total. The van der Waals surface area contributed by atoms with Crippen LogP contribution in [0.5, 0.6) is 0 Å². The van der Waals surface area contributed by atoms with Gasteiger partial charge in [0.1, 0.15) is 6.04 Å². The smallest absolute Gasteiger partial charge is 0.326 e. The molecule has 104 valence electrons. The molecule has 0 spiro atoms. The second-order valence-electron chi connectivity index (χ2n) is 4.29. The summed E-state index contributed by atoms with van der Waals surface area (Å²) in [6.07, 6.45) is 2.46. The van der Waals surface area contributed by atoms with Crippen molar-refractivity contribution in [3.05, 3.63) is 12.4 Å². The van der Waals surface area contributed by atoms with Crippen LogP contribution in [0.2, 0.25) is 0 Å². The van der Waals surface area contributed by atoms with Gasteiger partial charge in [0.15, 0.2) is 0 Å². The molecule has 0 radical (unpaired) electrons. The second kappa shape index (κ2) is 5.65. The Balaban J connectivity index is 1.83. The van der Waals surface area contributed by atoms with Gasteiger partial charge in [0.25, 0.3) is 0 Å². The number of carbonyl (C=O) groups is 2. The zero-order chi connectivity index (χ0) is 13.8. The highest BCUT2D eigenvalue weighted by atomic mass is 16.4. The summed E-state index contributed by atoms with van der Waals surface area (Å²) in [4.78, 5) is 23.9. The number of nitrogens with one attached hydrogen (secondary N) is 1. The van der Waals surface area contributed by atoms with Crippen molar-refractivity contribution < 1.29 is 19.8 Å². The van der Waals surface area contributed by atoms with Crippen LogP contribution in [-0.2, 0) is 11.3 Å². The van der Waals surface area contributed by atoms with Gasteiger partial charge in [-0.1, -0.05) is 5.21 Å². The molecule has 0 unspecified atom stereocenters. The predicted octanol–water partition coefficient (Wildman–Crippen LogP) is -1.49. The zero-order valence-corrected chi connectivity index (χ0v) is 10.1. The quantitative estimate of drug-likeness (QED) is 0.612. The largest absolute Gasteiger partial charge is 0.480 e. The van der Waals surface area contributed by atoms with Crippen molar-refractivity contribution in [1.82, 2.24) is 25.2 Å². The molecule has 0 aromatic carbocycles. The van der Waals surface area contributed by atoms with E-state index in [-0.39, 0.29) is 13.0 Å². The number of aliphatic hydroxyl groups excluding tert-OH is 1. The van der Waals surface area contributed by atoms with Gasteiger partial charge in [-0.05, 0) is 0 Å². The summed E-state index contributed by atoms with van der Waals surface area (Å²) in [5.74, 6) is -1.11. The molecule has 1 aliphatic heterocycles. The number of carboxylic acid groups (broad SMARTS) is 1. The van der Waals surface area contributed by atoms with Crippen LogP contribution in [0.3, 0.4) is 0 Å². The van der Waals surface area contributed by atoms with Gasteiger partial charge >= 0.3 is 12.0 Å². The lowest BCUT2D eigenvalue weighted by Crippen LogP contribution is -2.46. The number of rotatable bonds is 4. The molecule has 1 aliphatic rings. The first-order valence-electron chi connectivity index (χ1n) is 5.87. The molecule has 2 atom stereocenters. The number of amides is 2. The third kappa shape index (κ3) is 3.19. The molecule has 0 bridgehead atoms. The van der Waals surface area contributed by atoms with E-state index in [1.54, 1.807) is 10.9 Å². The summed E-state index contributed by atoms with van der Waals surface area (Å²) >= 11 is 0. The van der Waals surface area contributed by atoms with Gasteiger partial charge in [0, 0.05) is 25.7 Å². The van der Waals surface area contributed by atoms with Crippen LogP contribution in [0, 0.1) is 0 Å². The number of aliphatic hydroxyl groups is 1. The summed E-state index contributed by atoms with van der Waals surface area (Å²) < 4.78 is 1.55. The number of aliphatic carboxylic acids is 1. The van der Waals surface area contributed by atoms with Crippen LogP contribution in [0.1, 0.15) is 6.42 Å². The normalized spacial score (nSPS) is 22.5. The van der Waals surface area contributed by atoms with Crippen molar-refractivity contribution in [1.29, 1.82) is 0 Å². The lowest BCUT2D eigenvalue weighted by molar-refractivity contribution is -0.141. The lowest BCUT2D eigenvalue weighted by atomic mass is 10.2. The van der Waals surface area contributed by atoms with Crippen molar-refractivity contribution in [3.63, 3.8) is 0 Å². The minimum Gasteiger partial charge on any atom is -0.480 e. The first kappa shape index (κ1) is 13.3. The molecule has 1 fully saturated rings. The lowest BCUT2D eigenvalue weighted by Gasteiger charge is -2.21. The summed E-state index contributed by atoms with van der Waals surface area (Å²) in [5.41, 5.74) is 0. The molecular weight excluding hydrogens is 254 g/mol. The van der Waals surface area contributed by atoms with E-state index in [0.717, 1.165) is 4.90 Å². The number of carboxylic acids is 1. The van der Waals surface area contributed by atoms with E-state index < -0.39 is 24.1 Å².